The number of rotatable bonds is 5. The smallest absolute Gasteiger partial charge is 0.0540 e. The van der Waals surface area contributed by atoms with Crippen LogP contribution in [0.15, 0.2) is 176 Å². The summed E-state index contributed by atoms with van der Waals surface area (Å²) >= 11 is 0. The van der Waals surface area contributed by atoms with E-state index in [1.54, 1.807) is 0 Å². The molecule has 0 unspecified atom stereocenters. The lowest BCUT2D eigenvalue weighted by molar-refractivity contribution is 0.660. The Balaban J connectivity index is 1.13. The van der Waals surface area contributed by atoms with Crippen molar-refractivity contribution < 1.29 is 0 Å². The van der Waals surface area contributed by atoms with Crippen molar-refractivity contribution in [2.45, 2.75) is 38.5 Å². The maximum atomic E-state index is 2.44. The largest absolute Gasteiger partial charge is 0.310 e. The third kappa shape index (κ3) is 4.77. The first-order chi connectivity index (χ1) is 25.8. The second-order valence-corrected chi connectivity index (χ2v) is 15.8. The lowest BCUT2D eigenvalue weighted by Crippen LogP contribution is -2.15. The molecule has 8 aromatic carbocycles. The van der Waals surface area contributed by atoms with Crippen LogP contribution in [0, 0.1) is 0 Å². The first kappa shape index (κ1) is 31.5. The van der Waals surface area contributed by atoms with Crippen LogP contribution in [0.3, 0.4) is 0 Å². The molecule has 2 aliphatic rings. The second-order valence-electron chi connectivity index (χ2n) is 15.8. The molecule has 0 heterocycles. The number of hydrogen-bond acceptors (Lipinski definition) is 1. The van der Waals surface area contributed by atoms with E-state index >= 15 is 0 Å². The zero-order valence-electron chi connectivity index (χ0n) is 30.7. The summed E-state index contributed by atoms with van der Waals surface area (Å²) in [6.45, 7) is 9.40. The Morgan fingerprint density at radius 1 is 0.340 bits per heavy atom. The first-order valence-corrected chi connectivity index (χ1v) is 18.8. The zero-order valence-corrected chi connectivity index (χ0v) is 30.7. The van der Waals surface area contributed by atoms with Crippen LogP contribution in [0.4, 0.5) is 17.1 Å². The van der Waals surface area contributed by atoms with Gasteiger partial charge in [-0.15, -0.1) is 0 Å². The summed E-state index contributed by atoms with van der Waals surface area (Å²) in [5.74, 6) is 0. The Bertz CT molecular complexity index is 2730. The van der Waals surface area contributed by atoms with Crippen LogP contribution >= 0.6 is 0 Å². The highest BCUT2D eigenvalue weighted by Gasteiger charge is 2.37. The zero-order chi connectivity index (χ0) is 35.9. The molecule has 0 saturated carbocycles. The van der Waals surface area contributed by atoms with Crippen LogP contribution in [-0.4, -0.2) is 0 Å². The van der Waals surface area contributed by atoms with E-state index < -0.39 is 0 Å². The third-order valence-electron chi connectivity index (χ3n) is 12.1. The Kier molecular flexibility index (Phi) is 6.94. The summed E-state index contributed by atoms with van der Waals surface area (Å²) < 4.78 is 0. The number of fused-ring (bicyclic) bond motifs is 7. The van der Waals surface area contributed by atoms with Crippen molar-refractivity contribution in [3.8, 4) is 44.5 Å². The maximum Gasteiger partial charge on any atom is 0.0540 e. The van der Waals surface area contributed by atoms with E-state index in [4.69, 9.17) is 0 Å². The van der Waals surface area contributed by atoms with Crippen LogP contribution in [0.1, 0.15) is 49.9 Å². The predicted octanol–water partition coefficient (Wildman–Crippen LogP) is 14.3. The molecular formula is C52H41N. The molecule has 1 nitrogen and oxygen atoms in total. The number of anilines is 3. The van der Waals surface area contributed by atoms with Crippen LogP contribution < -0.4 is 4.90 Å². The Hall–Kier alpha value is -6.18. The normalized spacial score (nSPS) is 14.3. The van der Waals surface area contributed by atoms with Gasteiger partial charge in [0, 0.05) is 27.8 Å². The minimum atomic E-state index is -0.0693. The van der Waals surface area contributed by atoms with Crippen LogP contribution in [0.2, 0.25) is 0 Å². The fourth-order valence-corrected chi connectivity index (χ4v) is 9.32. The van der Waals surface area contributed by atoms with E-state index in [2.05, 4.69) is 209 Å². The molecular weight excluding hydrogens is 639 g/mol. The fraction of sp³-hybridized carbons (Fsp3) is 0.115. The minimum absolute atomic E-state index is 0.00122. The molecule has 0 amide bonds. The van der Waals surface area contributed by atoms with Crippen LogP contribution in [-0.2, 0) is 10.8 Å². The third-order valence-corrected chi connectivity index (χ3v) is 12.1. The van der Waals surface area contributed by atoms with Crippen molar-refractivity contribution in [3.63, 3.8) is 0 Å². The molecule has 0 aliphatic heterocycles. The van der Waals surface area contributed by atoms with E-state index in [1.807, 2.05) is 0 Å². The summed E-state index contributed by atoms with van der Waals surface area (Å²) in [5, 5.41) is 2.46. The number of nitrogens with zero attached hydrogens (tertiary/aromatic N) is 1. The van der Waals surface area contributed by atoms with Gasteiger partial charge >= 0.3 is 0 Å². The van der Waals surface area contributed by atoms with Crippen molar-refractivity contribution in [2.75, 3.05) is 4.90 Å². The highest BCUT2D eigenvalue weighted by molar-refractivity contribution is 5.99. The molecule has 0 N–H and O–H groups in total. The van der Waals surface area contributed by atoms with Gasteiger partial charge in [-0.2, -0.15) is 0 Å². The van der Waals surface area contributed by atoms with Gasteiger partial charge < -0.3 is 4.90 Å². The molecule has 8 aromatic rings. The molecule has 0 spiro atoms. The van der Waals surface area contributed by atoms with Gasteiger partial charge in [-0.3, -0.25) is 0 Å². The molecule has 0 atom stereocenters. The molecule has 0 saturated heterocycles. The Morgan fingerprint density at radius 3 is 1.68 bits per heavy atom. The van der Waals surface area contributed by atoms with Gasteiger partial charge in [0.25, 0.3) is 0 Å². The Morgan fingerprint density at radius 2 is 0.887 bits per heavy atom. The van der Waals surface area contributed by atoms with Crippen molar-refractivity contribution in [1.82, 2.24) is 0 Å². The number of benzene rings is 8. The van der Waals surface area contributed by atoms with Gasteiger partial charge in [0.15, 0.2) is 0 Å². The van der Waals surface area contributed by atoms with Gasteiger partial charge in [-0.05, 0) is 108 Å². The highest BCUT2D eigenvalue weighted by Crippen LogP contribution is 2.54. The summed E-state index contributed by atoms with van der Waals surface area (Å²) in [6, 6.07) is 65.3. The minimum Gasteiger partial charge on any atom is -0.310 e. The van der Waals surface area contributed by atoms with E-state index in [1.165, 1.54) is 77.5 Å². The van der Waals surface area contributed by atoms with Gasteiger partial charge in [0.05, 0.1) is 5.69 Å². The molecule has 0 radical (unpaired) electrons. The summed E-state index contributed by atoms with van der Waals surface area (Å²) in [7, 11) is 0. The van der Waals surface area contributed by atoms with Gasteiger partial charge in [-0.25, -0.2) is 0 Å². The Labute approximate surface area is 312 Å². The van der Waals surface area contributed by atoms with Crippen molar-refractivity contribution in [3.05, 3.63) is 198 Å². The maximum absolute atomic E-state index is 2.44. The number of hydrogen-bond donors (Lipinski definition) is 0. The monoisotopic (exact) mass is 679 g/mol. The molecule has 53 heavy (non-hydrogen) atoms. The molecule has 0 aromatic heterocycles. The summed E-state index contributed by atoms with van der Waals surface area (Å²) in [5.41, 5.74) is 19.2. The fourth-order valence-electron chi connectivity index (χ4n) is 9.32. The van der Waals surface area contributed by atoms with E-state index in [0.29, 0.717) is 0 Å². The van der Waals surface area contributed by atoms with E-state index in [-0.39, 0.29) is 10.8 Å². The topological polar surface area (TPSA) is 3.24 Å². The number of para-hydroxylation sites is 1. The average molecular weight is 680 g/mol. The van der Waals surface area contributed by atoms with Crippen LogP contribution in [0.25, 0.3) is 55.3 Å². The predicted molar refractivity (Wildman–Crippen MR) is 225 cm³/mol. The first-order valence-electron chi connectivity index (χ1n) is 18.8. The lowest BCUT2D eigenvalue weighted by Gasteiger charge is -2.29. The molecule has 0 fully saturated rings. The molecule has 254 valence electrons. The lowest BCUT2D eigenvalue weighted by atomic mass is 9.82. The SMILES string of the molecule is CC1(C)c2ccccc2-c2cc(-c3ccc(N(c4ccc5ccccc5c4)c4ccccc4-c4cccc5c4-c4ccccc4C5(C)C)cc3)ccc21. The van der Waals surface area contributed by atoms with Crippen LogP contribution in [0.5, 0.6) is 0 Å². The van der Waals surface area contributed by atoms with Gasteiger partial charge in [0.1, 0.15) is 0 Å². The van der Waals surface area contributed by atoms with Crippen molar-refractivity contribution in [1.29, 1.82) is 0 Å². The molecule has 10 rings (SSSR count). The van der Waals surface area contributed by atoms with E-state index in [0.717, 1.165) is 17.1 Å². The molecule has 0 bridgehead atoms. The summed E-state index contributed by atoms with van der Waals surface area (Å²) in [4.78, 5) is 2.44. The average Bonchev–Trinajstić information content (AvgIpc) is 3.58. The highest BCUT2D eigenvalue weighted by atomic mass is 15.1. The molecule has 2 aliphatic carbocycles. The van der Waals surface area contributed by atoms with Gasteiger partial charge in [-0.1, -0.05) is 167 Å². The van der Waals surface area contributed by atoms with Crippen molar-refractivity contribution in [2.24, 2.45) is 0 Å². The summed E-state index contributed by atoms with van der Waals surface area (Å²) in [6.07, 6.45) is 0. The molecule has 1 heteroatoms. The second kappa shape index (κ2) is 11.7. The van der Waals surface area contributed by atoms with E-state index in [9.17, 15) is 0 Å². The van der Waals surface area contributed by atoms with Crippen molar-refractivity contribution >= 4 is 27.8 Å². The standard InChI is InChI=1S/C52H41N/c1-51(2)45-20-10-7-16-40(45)44-33-37(27-31-47(44)51)35-24-28-38(29-25-35)53(39-30-26-34-14-5-6-15-36(34)32-39)49-23-12-9-17-41(49)42-19-13-22-48-50(42)43-18-8-11-21-46(43)52(48,3)4/h5-33H,1-4H3. The quantitative estimate of drug-likeness (QED) is 0.175. The van der Waals surface area contributed by atoms with Gasteiger partial charge in [0.2, 0.25) is 0 Å².